The molecule has 2 aliphatic heterocycles. The minimum Gasteiger partial charge on any atom is -0.456 e. The Morgan fingerprint density at radius 2 is 1.56 bits per heavy atom. The van der Waals surface area contributed by atoms with Gasteiger partial charge >= 0.3 is 5.97 Å². The number of rotatable bonds is 1. The van der Waals surface area contributed by atoms with Crippen molar-refractivity contribution in [2.24, 2.45) is 0 Å². The van der Waals surface area contributed by atoms with E-state index in [4.69, 9.17) is 4.74 Å². The minimum atomic E-state index is -0.781. The van der Waals surface area contributed by atoms with Crippen molar-refractivity contribution in [2.45, 2.75) is 5.92 Å². The number of nitrogens with one attached hydrogen (secondary N) is 1. The van der Waals surface area contributed by atoms with E-state index in [1.807, 2.05) is 0 Å². The maximum atomic E-state index is 13.4. The van der Waals surface area contributed by atoms with Crippen LogP contribution in [0.15, 0.2) is 71.1 Å². The molecule has 0 radical (unpaired) electrons. The van der Waals surface area contributed by atoms with Gasteiger partial charge in [0.25, 0.3) is 0 Å². The molecule has 3 aliphatic rings. The number of halogens is 1. The lowest BCUT2D eigenvalue weighted by atomic mass is 9.73. The summed E-state index contributed by atoms with van der Waals surface area (Å²) < 4.78 is 18.5. The molecule has 6 heteroatoms. The van der Waals surface area contributed by atoms with Crippen molar-refractivity contribution in [2.75, 3.05) is 6.61 Å². The number of hydrogen-bond acceptors (Lipinski definition) is 5. The van der Waals surface area contributed by atoms with Gasteiger partial charge < -0.3 is 10.1 Å². The van der Waals surface area contributed by atoms with E-state index in [2.05, 4.69) is 5.32 Å². The van der Waals surface area contributed by atoms with Gasteiger partial charge in [-0.2, -0.15) is 0 Å². The highest BCUT2D eigenvalue weighted by Gasteiger charge is 2.46. The predicted molar refractivity (Wildman–Crippen MR) is 92.4 cm³/mol. The fourth-order valence-electron chi connectivity index (χ4n) is 3.89. The highest BCUT2D eigenvalue weighted by atomic mass is 19.1. The lowest BCUT2D eigenvalue weighted by molar-refractivity contribution is -0.136. The predicted octanol–water partition coefficient (Wildman–Crippen LogP) is 2.66. The second-order valence-electron chi connectivity index (χ2n) is 6.57. The second-order valence-corrected chi connectivity index (χ2v) is 6.57. The summed E-state index contributed by atoms with van der Waals surface area (Å²) in [5, 5.41) is 2.95. The van der Waals surface area contributed by atoms with Crippen LogP contribution in [0.3, 0.4) is 0 Å². The number of cyclic esters (lactones) is 1. The van der Waals surface area contributed by atoms with Crippen LogP contribution in [0, 0.1) is 5.82 Å². The van der Waals surface area contributed by atoms with Crippen LogP contribution in [0.5, 0.6) is 0 Å². The van der Waals surface area contributed by atoms with Gasteiger partial charge in [-0.15, -0.1) is 0 Å². The fourth-order valence-corrected chi connectivity index (χ4v) is 3.89. The number of allylic oxidation sites excluding steroid dienone is 2. The molecule has 1 atom stereocenters. The molecule has 2 heterocycles. The molecule has 0 amide bonds. The molecule has 1 aliphatic carbocycles. The van der Waals surface area contributed by atoms with E-state index >= 15 is 0 Å². The van der Waals surface area contributed by atoms with Gasteiger partial charge in [-0.05, 0) is 17.7 Å². The van der Waals surface area contributed by atoms with E-state index in [9.17, 15) is 18.8 Å². The summed E-state index contributed by atoms with van der Waals surface area (Å²) in [4.78, 5) is 38.6. The zero-order valence-corrected chi connectivity index (χ0v) is 13.9. The van der Waals surface area contributed by atoms with Crippen molar-refractivity contribution < 1.29 is 23.5 Å². The van der Waals surface area contributed by atoms with Crippen molar-refractivity contribution in [3.63, 3.8) is 0 Å². The Hall–Kier alpha value is -3.54. The van der Waals surface area contributed by atoms with Crippen LogP contribution < -0.4 is 5.32 Å². The average Bonchev–Trinajstić information content (AvgIpc) is 3.06. The van der Waals surface area contributed by atoms with Crippen LogP contribution in [0.2, 0.25) is 0 Å². The first-order valence-corrected chi connectivity index (χ1v) is 8.41. The Kier molecular flexibility index (Phi) is 3.18. The number of fused-ring (bicyclic) bond motifs is 1. The summed E-state index contributed by atoms with van der Waals surface area (Å²) in [5.74, 6) is -2.39. The van der Waals surface area contributed by atoms with Gasteiger partial charge in [-0.1, -0.05) is 36.4 Å². The number of ether oxygens (including phenoxy) is 1. The Morgan fingerprint density at radius 1 is 0.889 bits per heavy atom. The zero-order chi connectivity index (χ0) is 18.7. The number of dihydropyridines is 1. The smallest absolute Gasteiger partial charge is 0.337 e. The number of carbonyl (C=O) groups excluding carboxylic acids is 3. The Labute approximate surface area is 153 Å². The Balaban J connectivity index is 1.76. The van der Waals surface area contributed by atoms with E-state index in [1.54, 1.807) is 24.3 Å². The molecule has 132 valence electrons. The van der Waals surface area contributed by atoms with Gasteiger partial charge in [0.05, 0.1) is 17.0 Å². The largest absolute Gasteiger partial charge is 0.456 e. The summed E-state index contributed by atoms with van der Waals surface area (Å²) in [6.07, 6.45) is 0. The average molecular weight is 361 g/mol. The third-order valence-electron chi connectivity index (χ3n) is 5.11. The van der Waals surface area contributed by atoms with Gasteiger partial charge in [0.15, 0.2) is 5.78 Å². The van der Waals surface area contributed by atoms with Crippen LogP contribution in [0.1, 0.15) is 32.2 Å². The SMILES string of the molecule is O=C1OCC2=C1C(c1ccc(F)cc1)C1=C(N2)C(=O)c2ccccc2C1=O. The monoisotopic (exact) mass is 361 g/mol. The number of benzene rings is 2. The first-order valence-electron chi connectivity index (χ1n) is 8.41. The number of carbonyl (C=O) groups is 3. The third kappa shape index (κ3) is 2.13. The molecular formula is C21H12FNO4. The molecule has 1 N–H and O–H groups in total. The molecule has 1 unspecified atom stereocenters. The molecule has 5 rings (SSSR count). The van der Waals surface area contributed by atoms with Gasteiger partial charge in [0, 0.05) is 22.6 Å². The molecule has 0 aromatic heterocycles. The van der Waals surface area contributed by atoms with Crippen molar-refractivity contribution in [3.8, 4) is 0 Å². The van der Waals surface area contributed by atoms with E-state index < -0.39 is 17.7 Å². The van der Waals surface area contributed by atoms with Crippen LogP contribution in [-0.2, 0) is 9.53 Å². The van der Waals surface area contributed by atoms with Crippen LogP contribution >= 0.6 is 0 Å². The summed E-state index contributed by atoms with van der Waals surface area (Å²) in [5.41, 5.74) is 2.28. The van der Waals surface area contributed by atoms with Crippen molar-refractivity contribution >= 4 is 17.5 Å². The zero-order valence-electron chi connectivity index (χ0n) is 13.9. The molecule has 0 bridgehead atoms. The molecule has 0 saturated heterocycles. The summed E-state index contributed by atoms with van der Waals surface area (Å²) >= 11 is 0. The normalized spacial score (nSPS) is 20.8. The van der Waals surface area contributed by atoms with Crippen LogP contribution in [0.4, 0.5) is 4.39 Å². The number of Topliss-reactive ketones (excluding diaryl/α,β-unsaturated/α-hetero) is 2. The fraction of sp³-hybridized carbons (Fsp3) is 0.0952. The molecule has 0 fully saturated rings. The minimum absolute atomic E-state index is 0.00571. The summed E-state index contributed by atoms with van der Waals surface area (Å²) in [7, 11) is 0. The third-order valence-corrected chi connectivity index (χ3v) is 5.11. The molecule has 27 heavy (non-hydrogen) atoms. The lowest BCUT2D eigenvalue weighted by Crippen LogP contribution is -2.37. The maximum absolute atomic E-state index is 13.4. The summed E-state index contributed by atoms with van der Waals surface area (Å²) in [6, 6.07) is 12.2. The lowest BCUT2D eigenvalue weighted by Gasteiger charge is -2.31. The van der Waals surface area contributed by atoms with Crippen LogP contribution in [-0.4, -0.2) is 24.1 Å². The van der Waals surface area contributed by atoms with Crippen molar-refractivity contribution in [3.05, 3.63) is 93.6 Å². The Bertz CT molecular complexity index is 1110. The van der Waals surface area contributed by atoms with Gasteiger partial charge in [-0.25, -0.2) is 9.18 Å². The quantitative estimate of drug-likeness (QED) is 0.791. The van der Waals surface area contributed by atoms with Gasteiger partial charge in [0.2, 0.25) is 5.78 Å². The van der Waals surface area contributed by atoms with Gasteiger partial charge in [-0.3, -0.25) is 9.59 Å². The molecule has 2 aromatic carbocycles. The van der Waals surface area contributed by atoms with Crippen molar-refractivity contribution in [1.82, 2.24) is 5.32 Å². The van der Waals surface area contributed by atoms with E-state index in [-0.39, 0.29) is 29.4 Å². The highest BCUT2D eigenvalue weighted by molar-refractivity contribution is 6.28. The number of hydrogen-bond donors (Lipinski definition) is 1. The molecule has 2 aromatic rings. The topological polar surface area (TPSA) is 72.5 Å². The number of ketones is 2. The molecule has 0 spiro atoms. The first kappa shape index (κ1) is 15.7. The first-order chi connectivity index (χ1) is 13.1. The van der Waals surface area contributed by atoms with Crippen LogP contribution in [0.25, 0.3) is 0 Å². The maximum Gasteiger partial charge on any atom is 0.337 e. The molecular weight excluding hydrogens is 349 g/mol. The van der Waals surface area contributed by atoms with E-state index in [0.717, 1.165) is 0 Å². The molecule has 5 nitrogen and oxygen atoms in total. The second kappa shape index (κ2) is 5.48. The van der Waals surface area contributed by atoms with Crippen molar-refractivity contribution in [1.29, 1.82) is 0 Å². The van der Waals surface area contributed by atoms with E-state index in [0.29, 0.717) is 28.0 Å². The molecule has 0 saturated carbocycles. The standard InChI is InChI=1S/C21H12FNO4/c22-11-7-5-10(6-8-11)15-16-14(9-27-21(16)26)23-18-17(15)19(24)12-3-1-2-4-13(12)20(18)25/h1-8,15,23H,9H2. The highest BCUT2D eigenvalue weighted by Crippen LogP contribution is 2.44. The Morgan fingerprint density at radius 3 is 2.26 bits per heavy atom. The summed E-state index contributed by atoms with van der Waals surface area (Å²) in [6.45, 7) is 0.00571. The van der Waals surface area contributed by atoms with Gasteiger partial charge in [0.1, 0.15) is 12.4 Å². The van der Waals surface area contributed by atoms with E-state index in [1.165, 1.54) is 24.3 Å². The number of esters is 1.